The van der Waals surface area contributed by atoms with Gasteiger partial charge in [0.15, 0.2) is 6.35 Å². The highest BCUT2D eigenvalue weighted by Crippen LogP contribution is 2.50. The van der Waals surface area contributed by atoms with Crippen molar-refractivity contribution in [3.8, 4) is 5.75 Å². The lowest BCUT2D eigenvalue weighted by molar-refractivity contribution is -0.121. The molecular formula is C31H45N3O3. The van der Waals surface area contributed by atoms with Crippen molar-refractivity contribution in [2.24, 2.45) is 0 Å². The molecule has 1 aliphatic heterocycles. The molecule has 2 aliphatic carbocycles. The van der Waals surface area contributed by atoms with Crippen LogP contribution >= 0.6 is 0 Å². The van der Waals surface area contributed by atoms with Gasteiger partial charge in [0.1, 0.15) is 5.75 Å². The summed E-state index contributed by atoms with van der Waals surface area (Å²) in [5.74, 6) is 0.863. The van der Waals surface area contributed by atoms with E-state index in [0.29, 0.717) is 0 Å². The lowest BCUT2D eigenvalue weighted by atomic mass is 9.68. The number of hydrogen-bond donors (Lipinski definition) is 1. The van der Waals surface area contributed by atoms with E-state index in [-0.39, 0.29) is 16.7 Å². The van der Waals surface area contributed by atoms with Crippen molar-refractivity contribution >= 4 is 0 Å². The first-order valence-corrected chi connectivity index (χ1v) is 14.0. The van der Waals surface area contributed by atoms with Gasteiger partial charge in [-0.3, -0.25) is 14.7 Å². The molecule has 3 fully saturated rings. The molecule has 3 aliphatic rings. The Balaban J connectivity index is 1.38. The van der Waals surface area contributed by atoms with Gasteiger partial charge in [-0.15, -0.1) is 0 Å². The van der Waals surface area contributed by atoms with Crippen LogP contribution in [-0.4, -0.2) is 78.7 Å². The largest absolute Gasteiger partial charge is 0.497 e. The van der Waals surface area contributed by atoms with E-state index >= 15 is 0 Å². The van der Waals surface area contributed by atoms with Crippen LogP contribution in [0.25, 0.3) is 0 Å². The fourth-order valence-corrected chi connectivity index (χ4v) is 7.22. The summed E-state index contributed by atoms with van der Waals surface area (Å²) in [5, 5.41) is 11.7. The van der Waals surface area contributed by atoms with Crippen LogP contribution in [0.15, 0.2) is 54.6 Å². The molecule has 1 unspecified atom stereocenters. The molecule has 0 radical (unpaired) electrons. The first kappa shape index (κ1) is 26.6. The number of benzene rings is 2. The number of hydrogen-bond acceptors (Lipinski definition) is 6. The number of aliphatic hydroxyl groups excluding tert-OH is 1. The van der Waals surface area contributed by atoms with E-state index in [9.17, 15) is 5.11 Å². The van der Waals surface area contributed by atoms with E-state index in [4.69, 9.17) is 9.47 Å². The topological polar surface area (TPSA) is 48.4 Å². The van der Waals surface area contributed by atoms with Crippen LogP contribution in [0.2, 0.25) is 0 Å². The second-order valence-corrected chi connectivity index (χ2v) is 11.8. The van der Waals surface area contributed by atoms with Crippen LogP contribution in [0.3, 0.4) is 0 Å². The molecule has 37 heavy (non-hydrogen) atoms. The van der Waals surface area contributed by atoms with E-state index < -0.39 is 6.35 Å². The van der Waals surface area contributed by atoms with Crippen LogP contribution in [0.4, 0.5) is 0 Å². The van der Waals surface area contributed by atoms with Crippen LogP contribution < -0.4 is 4.74 Å². The third-order valence-corrected chi connectivity index (χ3v) is 9.94. The number of methoxy groups -OCH3 is 2. The van der Waals surface area contributed by atoms with Crippen molar-refractivity contribution in [1.29, 1.82) is 0 Å². The highest BCUT2D eigenvalue weighted by molar-refractivity contribution is 5.28. The maximum absolute atomic E-state index is 11.7. The summed E-state index contributed by atoms with van der Waals surface area (Å²) in [5.41, 5.74) is 2.61. The average Bonchev–Trinajstić information content (AvgIpc) is 3.15. The molecule has 1 N–H and O–H groups in total. The maximum Gasteiger partial charge on any atom is 0.166 e. The quantitative estimate of drug-likeness (QED) is 0.525. The summed E-state index contributed by atoms with van der Waals surface area (Å²) in [6.07, 6.45) is 8.20. The molecule has 0 aromatic heterocycles. The van der Waals surface area contributed by atoms with Gasteiger partial charge < -0.3 is 14.6 Å². The molecular weight excluding hydrogens is 462 g/mol. The molecule has 0 amide bonds. The van der Waals surface area contributed by atoms with Crippen LogP contribution in [0.5, 0.6) is 5.75 Å². The van der Waals surface area contributed by atoms with Crippen molar-refractivity contribution in [2.45, 2.75) is 80.9 Å². The summed E-state index contributed by atoms with van der Waals surface area (Å²) >= 11 is 0. The Labute approximate surface area is 223 Å². The molecule has 2 saturated carbocycles. The SMILES string of the molecule is COc1ccc(CN2C[C@]3(CC[C@](c4ccccc4)(N(C)C)CC3)N(CCC3(OC)CCC3)C2O)cc1. The van der Waals surface area contributed by atoms with Gasteiger partial charge in [0, 0.05) is 37.8 Å². The standard InChI is InChI=1S/C31H45N3O3/c1-32(2)31(26-9-6-5-7-10-26)19-17-29(18-20-31)24-33(23-25-11-13-27(36-3)14-12-25)28(35)34(29)22-21-30(37-4)15-8-16-30/h5-7,9-14,28,35H,8,15-24H2,1-4H3/t28?,29-,31+. The maximum atomic E-state index is 11.7. The van der Waals surface area contributed by atoms with Crippen molar-refractivity contribution < 1.29 is 14.6 Å². The smallest absolute Gasteiger partial charge is 0.166 e. The minimum atomic E-state index is -0.584. The van der Waals surface area contributed by atoms with Gasteiger partial charge >= 0.3 is 0 Å². The lowest BCUT2D eigenvalue weighted by Crippen LogP contribution is -2.57. The number of aliphatic hydroxyl groups is 1. The van der Waals surface area contributed by atoms with Gasteiger partial charge in [0.25, 0.3) is 0 Å². The van der Waals surface area contributed by atoms with Crippen molar-refractivity contribution in [3.05, 3.63) is 65.7 Å². The van der Waals surface area contributed by atoms with E-state index in [1.807, 2.05) is 19.2 Å². The van der Waals surface area contributed by atoms with Gasteiger partial charge in [-0.2, -0.15) is 0 Å². The molecule has 1 heterocycles. The minimum absolute atomic E-state index is 0.00356. The fourth-order valence-electron chi connectivity index (χ4n) is 7.22. The van der Waals surface area contributed by atoms with Gasteiger partial charge in [0.05, 0.1) is 12.7 Å². The zero-order chi connectivity index (χ0) is 26.1. The lowest BCUT2D eigenvalue weighted by Gasteiger charge is -2.52. The first-order chi connectivity index (χ1) is 17.9. The van der Waals surface area contributed by atoms with Crippen LogP contribution in [0.1, 0.15) is 62.5 Å². The monoisotopic (exact) mass is 507 g/mol. The van der Waals surface area contributed by atoms with E-state index in [1.165, 1.54) is 17.5 Å². The van der Waals surface area contributed by atoms with Gasteiger partial charge in [-0.1, -0.05) is 42.5 Å². The summed E-state index contributed by atoms with van der Waals surface area (Å²) < 4.78 is 11.3. The predicted molar refractivity (Wildman–Crippen MR) is 147 cm³/mol. The predicted octanol–water partition coefficient (Wildman–Crippen LogP) is 4.82. The second-order valence-electron chi connectivity index (χ2n) is 11.8. The molecule has 6 heteroatoms. The minimum Gasteiger partial charge on any atom is -0.497 e. The molecule has 1 spiro atoms. The summed E-state index contributed by atoms with van der Waals surface area (Å²) in [6.45, 7) is 2.49. The highest BCUT2D eigenvalue weighted by atomic mass is 16.5. The third-order valence-electron chi connectivity index (χ3n) is 9.94. The summed E-state index contributed by atoms with van der Waals surface area (Å²) in [7, 11) is 8.00. The Kier molecular flexibility index (Phi) is 7.68. The van der Waals surface area contributed by atoms with Crippen LogP contribution in [-0.2, 0) is 16.8 Å². The number of nitrogens with zero attached hydrogens (tertiary/aromatic N) is 3. The van der Waals surface area contributed by atoms with Crippen molar-refractivity contribution in [3.63, 3.8) is 0 Å². The first-order valence-electron chi connectivity index (χ1n) is 14.0. The Bertz CT molecular complexity index is 1010. The Morgan fingerprint density at radius 2 is 1.59 bits per heavy atom. The molecule has 202 valence electrons. The zero-order valence-electron chi connectivity index (χ0n) is 23.2. The van der Waals surface area contributed by atoms with E-state index in [2.05, 4.69) is 71.3 Å². The molecule has 5 rings (SSSR count). The fraction of sp³-hybridized carbons (Fsp3) is 0.613. The summed E-state index contributed by atoms with van der Waals surface area (Å²) in [4.78, 5) is 7.13. The van der Waals surface area contributed by atoms with E-state index in [0.717, 1.165) is 70.3 Å². The molecule has 0 bridgehead atoms. The average molecular weight is 508 g/mol. The molecule has 2 aromatic rings. The second kappa shape index (κ2) is 10.7. The third kappa shape index (κ3) is 4.95. The molecule has 1 saturated heterocycles. The normalized spacial score (nSPS) is 30.1. The Morgan fingerprint density at radius 1 is 0.919 bits per heavy atom. The van der Waals surface area contributed by atoms with Crippen molar-refractivity contribution in [2.75, 3.05) is 41.4 Å². The van der Waals surface area contributed by atoms with Gasteiger partial charge in [-0.05, 0) is 88.7 Å². The van der Waals surface area contributed by atoms with Gasteiger partial charge in [0.2, 0.25) is 0 Å². The molecule has 2 aromatic carbocycles. The molecule has 6 nitrogen and oxygen atoms in total. The van der Waals surface area contributed by atoms with Crippen LogP contribution in [0, 0.1) is 0 Å². The number of ether oxygens (including phenoxy) is 2. The Morgan fingerprint density at radius 3 is 2.14 bits per heavy atom. The summed E-state index contributed by atoms with van der Waals surface area (Å²) in [6, 6.07) is 19.3. The number of rotatable bonds is 9. The van der Waals surface area contributed by atoms with E-state index in [1.54, 1.807) is 7.11 Å². The highest BCUT2D eigenvalue weighted by Gasteiger charge is 2.55. The van der Waals surface area contributed by atoms with Gasteiger partial charge in [-0.25, -0.2) is 0 Å². The Hall–Kier alpha value is -1.96. The zero-order valence-corrected chi connectivity index (χ0v) is 23.2. The van der Waals surface area contributed by atoms with Crippen molar-refractivity contribution in [1.82, 2.24) is 14.7 Å². The molecule has 1 atom stereocenters.